The van der Waals surface area contributed by atoms with E-state index in [0.717, 1.165) is 24.4 Å². The van der Waals surface area contributed by atoms with Crippen molar-refractivity contribution < 1.29 is 9.13 Å². The Morgan fingerprint density at radius 1 is 1.30 bits per heavy atom. The summed E-state index contributed by atoms with van der Waals surface area (Å²) in [6.07, 6.45) is 5.61. The van der Waals surface area contributed by atoms with E-state index in [0.29, 0.717) is 34.6 Å². The third kappa shape index (κ3) is 5.23. The molecule has 7 heteroatoms. The maximum absolute atomic E-state index is 13.3. The van der Waals surface area contributed by atoms with E-state index >= 15 is 0 Å². The molecule has 0 bridgehead atoms. The van der Waals surface area contributed by atoms with E-state index in [1.807, 2.05) is 18.2 Å². The number of benzene rings is 2. The number of thiocarbonyl (C=S) groups is 1. The number of nitrogens with zero attached hydrogens (tertiary/aromatic N) is 1. The van der Waals surface area contributed by atoms with Gasteiger partial charge in [-0.15, -0.1) is 0 Å². The van der Waals surface area contributed by atoms with Crippen LogP contribution in [-0.4, -0.2) is 34.1 Å². The maximum Gasteiger partial charge on any atom is 0.155 e. The van der Waals surface area contributed by atoms with Crippen molar-refractivity contribution in [2.45, 2.75) is 18.9 Å². The highest BCUT2D eigenvalue weighted by Crippen LogP contribution is 2.30. The Hall–Kier alpha value is -3.21. The number of hydrogen-bond acceptors (Lipinski definition) is 4. The van der Waals surface area contributed by atoms with Crippen LogP contribution in [0.3, 0.4) is 0 Å². The largest absolute Gasteiger partial charge is 0.491 e. The molecule has 0 saturated carbocycles. The van der Waals surface area contributed by atoms with E-state index in [1.54, 1.807) is 24.5 Å². The quantitative estimate of drug-likeness (QED) is 0.413. The molecule has 3 aromatic rings. The molecule has 2 aromatic carbocycles. The molecule has 0 aliphatic carbocycles. The van der Waals surface area contributed by atoms with Gasteiger partial charge in [0.25, 0.3) is 0 Å². The van der Waals surface area contributed by atoms with Crippen LogP contribution in [0.2, 0.25) is 0 Å². The summed E-state index contributed by atoms with van der Waals surface area (Å²) >= 11 is 5.39. The highest BCUT2D eigenvalue weighted by Gasteiger charge is 2.16. The van der Waals surface area contributed by atoms with Crippen LogP contribution in [0.25, 0.3) is 11.4 Å². The van der Waals surface area contributed by atoms with Crippen molar-refractivity contribution in [3.63, 3.8) is 0 Å². The van der Waals surface area contributed by atoms with Gasteiger partial charge in [0.1, 0.15) is 17.4 Å². The van der Waals surface area contributed by atoms with Crippen molar-refractivity contribution >= 4 is 22.9 Å². The van der Waals surface area contributed by atoms with Crippen LogP contribution in [0.15, 0.2) is 54.9 Å². The Balaban J connectivity index is 1.50. The number of ether oxygens (including phenoxy) is 1. The number of halogens is 1. The average Bonchev–Trinajstić information content (AvgIpc) is 3.24. The molecule has 1 fully saturated rings. The maximum atomic E-state index is 13.3. The smallest absolute Gasteiger partial charge is 0.155 e. The zero-order valence-electron chi connectivity index (χ0n) is 16.2. The first-order valence-corrected chi connectivity index (χ1v) is 10.2. The summed E-state index contributed by atoms with van der Waals surface area (Å²) in [5.41, 5.74) is 2.17. The van der Waals surface area contributed by atoms with E-state index < -0.39 is 0 Å². The van der Waals surface area contributed by atoms with Gasteiger partial charge >= 0.3 is 0 Å². The van der Waals surface area contributed by atoms with E-state index in [4.69, 9.17) is 17.0 Å². The number of anilines is 1. The fourth-order valence-corrected chi connectivity index (χ4v) is 3.24. The van der Waals surface area contributed by atoms with Crippen molar-refractivity contribution in [3.05, 3.63) is 66.2 Å². The summed E-state index contributed by atoms with van der Waals surface area (Å²) in [5, 5.41) is 6.51. The van der Waals surface area contributed by atoms with Gasteiger partial charge in [0.2, 0.25) is 0 Å². The molecule has 0 radical (unpaired) electrons. The van der Waals surface area contributed by atoms with Crippen LogP contribution in [0.4, 0.5) is 10.1 Å². The lowest BCUT2D eigenvalue weighted by Crippen LogP contribution is -2.43. The van der Waals surface area contributed by atoms with Crippen LogP contribution in [0, 0.1) is 17.7 Å². The second-order valence-corrected chi connectivity index (χ2v) is 7.35. The summed E-state index contributed by atoms with van der Waals surface area (Å²) in [6.45, 7) is 1.68. The second kappa shape index (κ2) is 9.53. The molecule has 152 valence electrons. The first-order valence-electron chi connectivity index (χ1n) is 9.76. The molecule has 1 unspecified atom stereocenters. The van der Waals surface area contributed by atoms with Crippen LogP contribution >= 0.6 is 12.2 Å². The fourth-order valence-electron chi connectivity index (χ4n) is 3.08. The Morgan fingerprint density at radius 3 is 2.93 bits per heavy atom. The molecule has 30 heavy (non-hydrogen) atoms. The van der Waals surface area contributed by atoms with Gasteiger partial charge in [-0.25, -0.2) is 9.37 Å². The Kier molecular flexibility index (Phi) is 6.38. The summed E-state index contributed by atoms with van der Waals surface area (Å²) in [4.78, 5) is 7.71. The monoisotopic (exact) mass is 420 g/mol. The number of hydrogen-bond donors (Lipinski definition) is 3. The molecule has 1 aliphatic rings. The lowest BCUT2D eigenvalue weighted by atomic mass is 10.0. The van der Waals surface area contributed by atoms with Gasteiger partial charge in [-0.3, -0.25) is 0 Å². The summed E-state index contributed by atoms with van der Waals surface area (Å²) in [5.74, 6) is 6.86. The van der Waals surface area contributed by atoms with Gasteiger partial charge in [-0.2, -0.15) is 0 Å². The molecular formula is C23H21FN4OS. The van der Waals surface area contributed by atoms with Gasteiger partial charge in [-0.05, 0) is 61.7 Å². The van der Waals surface area contributed by atoms with E-state index in [9.17, 15) is 4.39 Å². The fraction of sp³-hybridized carbons (Fsp3) is 0.217. The van der Waals surface area contributed by atoms with Gasteiger partial charge in [0.05, 0.1) is 12.3 Å². The normalized spacial score (nSPS) is 14.9. The number of nitrogens with one attached hydrogen (secondary N) is 3. The molecule has 1 aromatic heterocycles. The number of aromatic amines is 1. The molecule has 2 heterocycles. The summed E-state index contributed by atoms with van der Waals surface area (Å²) in [7, 11) is 0. The van der Waals surface area contributed by atoms with Crippen LogP contribution in [0.1, 0.15) is 18.4 Å². The van der Waals surface area contributed by atoms with Crippen molar-refractivity contribution in [3.8, 4) is 29.0 Å². The number of imidazole rings is 1. The third-order valence-electron chi connectivity index (χ3n) is 4.79. The third-order valence-corrected chi connectivity index (χ3v) is 5.00. The minimum absolute atomic E-state index is 0.321. The van der Waals surface area contributed by atoms with Crippen molar-refractivity contribution in [2.75, 3.05) is 18.5 Å². The molecule has 0 amide bonds. The lowest BCUT2D eigenvalue weighted by Gasteiger charge is -2.27. The topological polar surface area (TPSA) is 62.0 Å². The van der Waals surface area contributed by atoms with Gasteiger partial charge < -0.3 is 20.4 Å². The minimum Gasteiger partial charge on any atom is -0.491 e. The van der Waals surface area contributed by atoms with E-state index in [-0.39, 0.29) is 5.82 Å². The van der Waals surface area contributed by atoms with Crippen molar-refractivity contribution in [2.24, 2.45) is 0 Å². The highest BCUT2D eigenvalue weighted by atomic mass is 32.1. The molecule has 3 N–H and O–H groups in total. The zero-order valence-corrected chi connectivity index (χ0v) is 17.1. The summed E-state index contributed by atoms with van der Waals surface area (Å²) in [6, 6.07) is 12.4. The average molecular weight is 421 g/mol. The van der Waals surface area contributed by atoms with Gasteiger partial charge in [0.15, 0.2) is 4.99 Å². The number of rotatable bonds is 6. The molecule has 1 aliphatic heterocycles. The highest BCUT2D eigenvalue weighted by molar-refractivity contribution is 7.81. The molecule has 5 nitrogen and oxygen atoms in total. The predicted octanol–water partition coefficient (Wildman–Crippen LogP) is 4.14. The van der Waals surface area contributed by atoms with Crippen molar-refractivity contribution in [1.29, 1.82) is 0 Å². The lowest BCUT2D eigenvalue weighted by molar-refractivity contribution is 0.253. The second-order valence-electron chi connectivity index (χ2n) is 6.94. The van der Waals surface area contributed by atoms with Crippen LogP contribution < -0.4 is 15.4 Å². The van der Waals surface area contributed by atoms with Crippen LogP contribution in [-0.2, 0) is 0 Å². The standard InChI is InChI=1S/C23H21FN4OS/c24-18-3-1-2-16(14-18)4-7-22(30)28-20-15-17(23-26-11-12-27-23)5-6-21(20)29-13-9-19-8-10-25-19/h1-3,5-6,11-12,14-15,19,25H,8-10,13H2,(H,26,27)(H,28,30). The molecule has 1 saturated heterocycles. The first kappa shape index (κ1) is 20.1. The van der Waals surface area contributed by atoms with E-state index in [2.05, 4.69) is 32.4 Å². The number of H-pyrrole nitrogens is 1. The minimum atomic E-state index is -0.330. The summed E-state index contributed by atoms with van der Waals surface area (Å²) < 4.78 is 19.3. The zero-order chi connectivity index (χ0) is 20.8. The van der Waals surface area contributed by atoms with Gasteiger partial charge in [-0.1, -0.05) is 24.2 Å². The SMILES string of the molecule is Fc1cccc(C#CC(=S)Nc2cc(-c3ncc[nH]3)ccc2OCCC2CCN2)c1. The molecular weight excluding hydrogens is 399 g/mol. The van der Waals surface area contributed by atoms with Gasteiger partial charge in [0, 0.05) is 29.6 Å². The van der Waals surface area contributed by atoms with E-state index in [1.165, 1.54) is 18.6 Å². The van der Waals surface area contributed by atoms with Crippen molar-refractivity contribution in [1.82, 2.24) is 15.3 Å². The molecule has 1 atom stereocenters. The molecule has 0 spiro atoms. The predicted molar refractivity (Wildman–Crippen MR) is 120 cm³/mol. The Bertz CT molecular complexity index is 1080. The Morgan fingerprint density at radius 2 is 2.20 bits per heavy atom. The van der Waals surface area contributed by atoms with Crippen LogP contribution in [0.5, 0.6) is 5.75 Å². The molecule has 4 rings (SSSR count). The number of aromatic nitrogens is 2. The Labute approximate surface area is 180 Å². The first-order chi connectivity index (χ1) is 14.7.